The third-order valence-electron chi connectivity index (χ3n) is 2.79. The van der Waals surface area contributed by atoms with Gasteiger partial charge in [0.15, 0.2) is 0 Å². The third kappa shape index (κ3) is 3.69. The summed E-state index contributed by atoms with van der Waals surface area (Å²) >= 11 is 5.95. The third-order valence-corrected chi connectivity index (χ3v) is 3.13. The molecule has 0 bridgehead atoms. The van der Waals surface area contributed by atoms with Crippen molar-refractivity contribution < 1.29 is 9.84 Å². The molecule has 100 valence electrons. The van der Waals surface area contributed by atoms with Gasteiger partial charge in [0.05, 0.1) is 5.60 Å². The number of nitrogens with zero attached hydrogens (tertiary/aromatic N) is 1. The van der Waals surface area contributed by atoms with E-state index in [1.165, 1.54) is 0 Å². The monoisotopic (exact) mass is 277 g/mol. The maximum Gasteiger partial charge on any atom is 0.135 e. The highest BCUT2D eigenvalue weighted by molar-refractivity contribution is 6.30. The molecule has 1 aromatic carbocycles. The summed E-state index contributed by atoms with van der Waals surface area (Å²) in [6.45, 7) is 3.87. The second-order valence-electron chi connectivity index (χ2n) is 4.83. The maximum absolute atomic E-state index is 9.86. The number of hydrogen-bond donors (Lipinski definition) is 1. The van der Waals surface area contributed by atoms with Crippen molar-refractivity contribution in [3.8, 4) is 5.75 Å². The highest BCUT2D eigenvalue weighted by Gasteiger charge is 2.15. The van der Waals surface area contributed by atoms with Crippen LogP contribution < -0.4 is 4.74 Å². The highest BCUT2D eigenvalue weighted by Crippen LogP contribution is 2.23. The van der Waals surface area contributed by atoms with Gasteiger partial charge in [0.1, 0.15) is 17.5 Å². The Bertz CT molecular complexity index is 547. The van der Waals surface area contributed by atoms with Crippen molar-refractivity contribution in [1.82, 2.24) is 4.98 Å². The zero-order valence-electron chi connectivity index (χ0n) is 10.9. The van der Waals surface area contributed by atoms with Crippen molar-refractivity contribution >= 4 is 11.6 Å². The van der Waals surface area contributed by atoms with Gasteiger partial charge in [-0.25, -0.2) is 4.98 Å². The van der Waals surface area contributed by atoms with E-state index in [1.54, 1.807) is 20.0 Å². The van der Waals surface area contributed by atoms with Crippen molar-refractivity contribution in [1.29, 1.82) is 0 Å². The lowest BCUT2D eigenvalue weighted by Gasteiger charge is -2.18. The second-order valence-corrected chi connectivity index (χ2v) is 5.18. The molecule has 0 fully saturated rings. The van der Waals surface area contributed by atoms with Gasteiger partial charge in [0.25, 0.3) is 0 Å². The summed E-state index contributed by atoms with van der Waals surface area (Å²) in [6.07, 6.45) is 1.64. The number of aliphatic hydroxyl groups is 1. The van der Waals surface area contributed by atoms with Crippen LogP contribution in [0.4, 0.5) is 0 Å². The molecule has 0 atom stereocenters. The molecule has 0 saturated carbocycles. The first-order valence-electron chi connectivity index (χ1n) is 6.02. The standard InChI is InChI=1S/C15H16ClNO2/c1-15(2,18)12-5-7-13(8-6-12)19-10-11-4-3-9-17-14(11)16/h3-9,18H,10H2,1-2H3. The number of halogens is 1. The van der Waals surface area contributed by atoms with Crippen molar-refractivity contribution in [3.63, 3.8) is 0 Å². The zero-order chi connectivity index (χ0) is 13.9. The fourth-order valence-corrected chi connectivity index (χ4v) is 1.82. The van der Waals surface area contributed by atoms with Crippen LogP contribution in [0.25, 0.3) is 0 Å². The molecule has 1 aromatic heterocycles. The predicted molar refractivity (Wildman–Crippen MR) is 75.3 cm³/mol. The predicted octanol–water partition coefficient (Wildman–Crippen LogP) is 3.54. The second kappa shape index (κ2) is 5.59. The van der Waals surface area contributed by atoms with Crippen LogP contribution in [0.15, 0.2) is 42.6 Å². The van der Waals surface area contributed by atoms with E-state index in [1.807, 2.05) is 36.4 Å². The van der Waals surface area contributed by atoms with Crippen LogP contribution in [0.3, 0.4) is 0 Å². The summed E-state index contributed by atoms with van der Waals surface area (Å²) in [7, 11) is 0. The van der Waals surface area contributed by atoms with Gasteiger partial charge in [-0.05, 0) is 37.6 Å². The normalized spacial score (nSPS) is 11.4. The van der Waals surface area contributed by atoms with Crippen LogP contribution in [0.1, 0.15) is 25.0 Å². The van der Waals surface area contributed by atoms with E-state index in [-0.39, 0.29) is 0 Å². The van der Waals surface area contributed by atoms with Gasteiger partial charge in [-0.15, -0.1) is 0 Å². The number of aromatic nitrogens is 1. The summed E-state index contributed by atoms with van der Waals surface area (Å²) in [5.41, 5.74) is 0.848. The lowest BCUT2D eigenvalue weighted by Crippen LogP contribution is -2.14. The molecule has 3 nitrogen and oxygen atoms in total. The quantitative estimate of drug-likeness (QED) is 0.869. The molecule has 1 heterocycles. The number of hydrogen-bond acceptors (Lipinski definition) is 3. The first-order chi connectivity index (χ1) is 8.97. The Morgan fingerprint density at radius 3 is 2.47 bits per heavy atom. The van der Waals surface area contributed by atoms with Crippen LogP contribution in [0, 0.1) is 0 Å². The van der Waals surface area contributed by atoms with Crippen LogP contribution in [0.5, 0.6) is 5.75 Å². The molecule has 1 N–H and O–H groups in total. The van der Waals surface area contributed by atoms with Gasteiger partial charge >= 0.3 is 0 Å². The smallest absolute Gasteiger partial charge is 0.135 e. The van der Waals surface area contributed by atoms with Crippen molar-refractivity contribution in [2.24, 2.45) is 0 Å². The summed E-state index contributed by atoms with van der Waals surface area (Å²) in [6, 6.07) is 11.1. The molecule has 2 aromatic rings. The molecule has 0 amide bonds. The summed E-state index contributed by atoms with van der Waals surface area (Å²) in [5.74, 6) is 0.730. The van der Waals surface area contributed by atoms with Gasteiger partial charge in [0, 0.05) is 11.8 Å². The van der Waals surface area contributed by atoms with Crippen LogP contribution in [-0.2, 0) is 12.2 Å². The van der Waals surface area contributed by atoms with Gasteiger partial charge in [-0.3, -0.25) is 0 Å². The van der Waals surface area contributed by atoms with Crippen LogP contribution >= 0.6 is 11.6 Å². The number of pyridine rings is 1. The average molecular weight is 278 g/mol. The molecular formula is C15H16ClNO2. The fraction of sp³-hybridized carbons (Fsp3) is 0.267. The Hall–Kier alpha value is -1.58. The van der Waals surface area contributed by atoms with Gasteiger partial charge in [0.2, 0.25) is 0 Å². The topological polar surface area (TPSA) is 42.4 Å². The van der Waals surface area contributed by atoms with Crippen molar-refractivity contribution in [2.45, 2.75) is 26.1 Å². The molecule has 0 aliphatic rings. The van der Waals surface area contributed by atoms with Crippen molar-refractivity contribution in [3.05, 3.63) is 58.9 Å². The van der Waals surface area contributed by atoms with Gasteiger partial charge in [-0.1, -0.05) is 29.8 Å². The van der Waals surface area contributed by atoms with E-state index in [2.05, 4.69) is 4.98 Å². The molecule has 0 aliphatic carbocycles. The SMILES string of the molecule is CC(C)(O)c1ccc(OCc2cccnc2Cl)cc1. The van der Waals surface area contributed by atoms with E-state index < -0.39 is 5.60 Å². The van der Waals surface area contributed by atoms with Crippen molar-refractivity contribution in [2.75, 3.05) is 0 Å². The van der Waals surface area contributed by atoms with E-state index in [4.69, 9.17) is 16.3 Å². The Labute approximate surface area is 117 Å². The zero-order valence-corrected chi connectivity index (χ0v) is 11.7. The Morgan fingerprint density at radius 1 is 1.21 bits per heavy atom. The van der Waals surface area contributed by atoms with Crippen LogP contribution in [-0.4, -0.2) is 10.1 Å². The lowest BCUT2D eigenvalue weighted by atomic mass is 9.99. The Kier molecular flexibility index (Phi) is 4.08. The van der Waals surface area contributed by atoms with E-state index in [0.717, 1.165) is 16.9 Å². The summed E-state index contributed by atoms with van der Waals surface area (Å²) < 4.78 is 5.63. The molecule has 2 rings (SSSR count). The minimum absolute atomic E-state index is 0.370. The summed E-state index contributed by atoms with van der Waals surface area (Å²) in [4.78, 5) is 3.99. The summed E-state index contributed by atoms with van der Waals surface area (Å²) in [5, 5.41) is 10.3. The molecule has 19 heavy (non-hydrogen) atoms. The Morgan fingerprint density at radius 2 is 1.89 bits per heavy atom. The van der Waals surface area contributed by atoms with E-state index >= 15 is 0 Å². The largest absolute Gasteiger partial charge is 0.489 e. The average Bonchev–Trinajstić information content (AvgIpc) is 2.37. The molecule has 0 unspecified atom stereocenters. The lowest BCUT2D eigenvalue weighted by molar-refractivity contribution is 0.0785. The molecule has 4 heteroatoms. The minimum atomic E-state index is -0.842. The first-order valence-corrected chi connectivity index (χ1v) is 6.40. The first kappa shape index (κ1) is 13.8. The fourth-order valence-electron chi connectivity index (χ4n) is 1.65. The number of benzene rings is 1. The Balaban J connectivity index is 2.03. The minimum Gasteiger partial charge on any atom is -0.489 e. The molecular weight excluding hydrogens is 262 g/mol. The molecule has 0 saturated heterocycles. The van der Waals surface area contributed by atoms with Gasteiger partial charge in [-0.2, -0.15) is 0 Å². The van der Waals surface area contributed by atoms with Crippen LogP contribution in [0.2, 0.25) is 5.15 Å². The van der Waals surface area contributed by atoms with Gasteiger partial charge < -0.3 is 9.84 Å². The van der Waals surface area contributed by atoms with E-state index in [9.17, 15) is 5.11 Å². The van der Waals surface area contributed by atoms with E-state index in [0.29, 0.717) is 11.8 Å². The maximum atomic E-state index is 9.86. The number of ether oxygens (including phenoxy) is 1. The molecule has 0 radical (unpaired) electrons. The molecule has 0 spiro atoms. The highest BCUT2D eigenvalue weighted by atomic mass is 35.5. The number of rotatable bonds is 4. The molecule has 0 aliphatic heterocycles.